The monoisotopic (exact) mass is 334 g/mol. The maximum Gasteiger partial charge on any atom is 0.106 e. The van der Waals surface area contributed by atoms with Crippen molar-refractivity contribution in [2.45, 2.75) is 26.9 Å². The summed E-state index contributed by atoms with van der Waals surface area (Å²) in [6.45, 7) is 7.06. The van der Waals surface area contributed by atoms with Crippen molar-refractivity contribution in [3.8, 4) is 0 Å². The van der Waals surface area contributed by atoms with E-state index in [4.69, 9.17) is 4.74 Å². The number of imidazole rings is 2. The molecule has 0 aliphatic heterocycles. The van der Waals surface area contributed by atoms with Gasteiger partial charge in [0.2, 0.25) is 0 Å². The van der Waals surface area contributed by atoms with Crippen molar-refractivity contribution in [1.29, 1.82) is 0 Å². The predicted octanol–water partition coefficient (Wildman–Crippen LogP) is 3.72. The van der Waals surface area contributed by atoms with E-state index in [9.17, 15) is 0 Å². The zero-order valence-electron chi connectivity index (χ0n) is 14.6. The Labute approximate surface area is 146 Å². The number of rotatable bonds is 6. The maximum atomic E-state index is 5.89. The number of hydrogen-bond acceptors (Lipinski definition) is 3. The minimum Gasteiger partial charge on any atom is -0.378 e. The summed E-state index contributed by atoms with van der Waals surface area (Å²) in [5, 5.41) is 0. The number of para-hydroxylation sites is 4. The van der Waals surface area contributed by atoms with Crippen LogP contribution in [0.15, 0.2) is 48.5 Å². The molecule has 2 aromatic heterocycles. The average molecular weight is 334 g/mol. The van der Waals surface area contributed by atoms with Gasteiger partial charge >= 0.3 is 0 Å². The molecular weight excluding hydrogens is 312 g/mol. The fraction of sp³-hybridized carbons (Fsp3) is 0.300. The Morgan fingerprint density at radius 1 is 0.720 bits per heavy atom. The lowest BCUT2D eigenvalue weighted by Crippen LogP contribution is -2.12. The molecule has 0 aliphatic carbocycles. The van der Waals surface area contributed by atoms with Gasteiger partial charge < -0.3 is 13.9 Å². The molecule has 25 heavy (non-hydrogen) atoms. The van der Waals surface area contributed by atoms with E-state index in [1.54, 1.807) is 0 Å². The SMILES string of the molecule is Cc1nc2ccccc2n1CCOCCn1c(C)nc2ccccc21. The van der Waals surface area contributed by atoms with E-state index in [1.807, 2.05) is 50.2 Å². The molecule has 2 heterocycles. The summed E-state index contributed by atoms with van der Waals surface area (Å²) in [5.74, 6) is 2.06. The highest BCUT2D eigenvalue weighted by Crippen LogP contribution is 2.16. The number of ether oxygens (including phenoxy) is 1. The topological polar surface area (TPSA) is 44.9 Å². The van der Waals surface area contributed by atoms with Crippen molar-refractivity contribution in [3.05, 3.63) is 60.2 Å². The Kier molecular flexibility index (Phi) is 4.24. The van der Waals surface area contributed by atoms with Gasteiger partial charge in [-0.2, -0.15) is 0 Å². The molecule has 0 atom stereocenters. The summed E-state index contributed by atoms with van der Waals surface area (Å²) in [4.78, 5) is 9.19. The van der Waals surface area contributed by atoms with Gasteiger partial charge in [-0.05, 0) is 38.1 Å². The molecule has 5 heteroatoms. The first-order valence-electron chi connectivity index (χ1n) is 8.65. The van der Waals surface area contributed by atoms with Crippen LogP contribution in [0.4, 0.5) is 0 Å². The van der Waals surface area contributed by atoms with Crippen molar-refractivity contribution in [1.82, 2.24) is 19.1 Å². The molecule has 0 unspecified atom stereocenters. The van der Waals surface area contributed by atoms with Crippen LogP contribution in [-0.2, 0) is 17.8 Å². The summed E-state index contributed by atoms with van der Waals surface area (Å²) in [6.07, 6.45) is 0. The first kappa shape index (κ1) is 15.8. The maximum absolute atomic E-state index is 5.89. The minimum absolute atomic E-state index is 0.673. The molecule has 128 valence electrons. The van der Waals surface area contributed by atoms with Crippen LogP contribution in [0.25, 0.3) is 22.1 Å². The molecule has 0 saturated carbocycles. The van der Waals surface area contributed by atoms with Crippen LogP contribution in [-0.4, -0.2) is 32.3 Å². The Morgan fingerprint density at radius 3 is 1.64 bits per heavy atom. The van der Waals surface area contributed by atoms with E-state index in [2.05, 4.69) is 31.2 Å². The molecule has 2 aromatic carbocycles. The third-order valence-corrected chi connectivity index (χ3v) is 4.61. The van der Waals surface area contributed by atoms with Gasteiger partial charge in [-0.15, -0.1) is 0 Å². The molecule has 0 amide bonds. The van der Waals surface area contributed by atoms with E-state index in [-0.39, 0.29) is 0 Å². The van der Waals surface area contributed by atoms with E-state index in [0.717, 1.165) is 35.8 Å². The second kappa shape index (κ2) is 6.69. The third-order valence-electron chi connectivity index (χ3n) is 4.61. The molecule has 0 saturated heterocycles. The largest absolute Gasteiger partial charge is 0.378 e. The van der Waals surface area contributed by atoms with Crippen LogP contribution in [0, 0.1) is 13.8 Å². The quantitative estimate of drug-likeness (QED) is 0.505. The summed E-state index contributed by atoms with van der Waals surface area (Å²) in [5.41, 5.74) is 4.42. The van der Waals surface area contributed by atoms with Gasteiger partial charge in [0, 0.05) is 13.1 Å². The van der Waals surface area contributed by atoms with Crippen molar-refractivity contribution in [2.24, 2.45) is 0 Å². The highest BCUT2D eigenvalue weighted by molar-refractivity contribution is 5.76. The van der Waals surface area contributed by atoms with Crippen LogP contribution in [0.3, 0.4) is 0 Å². The third kappa shape index (κ3) is 3.03. The van der Waals surface area contributed by atoms with Gasteiger partial charge in [0.15, 0.2) is 0 Å². The second-order valence-electron chi connectivity index (χ2n) is 6.21. The van der Waals surface area contributed by atoms with Gasteiger partial charge in [-0.25, -0.2) is 9.97 Å². The van der Waals surface area contributed by atoms with Crippen LogP contribution in [0.2, 0.25) is 0 Å². The van der Waals surface area contributed by atoms with Crippen LogP contribution in [0.1, 0.15) is 11.6 Å². The van der Waals surface area contributed by atoms with E-state index in [0.29, 0.717) is 13.2 Å². The Bertz CT molecular complexity index is 933. The standard InChI is InChI=1S/C20H22N4O/c1-15-21-17-7-3-5-9-19(17)23(15)11-13-25-14-12-24-16(2)22-18-8-4-6-10-20(18)24/h3-10H,11-14H2,1-2H3. The lowest BCUT2D eigenvalue weighted by molar-refractivity contribution is 0.119. The molecule has 0 aliphatic rings. The van der Waals surface area contributed by atoms with E-state index < -0.39 is 0 Å². The molecule has 5 nitrogen and oxygen atoms in total. The van der Waals surface area contributed by atoms with Gasteiger partial charge in [0.1, 0.15) is 11.6 Å². The predicted molar refractivity (Wildman–Crippen MR) is 99.8 cm³/mol. The normalized spacial score (nSPS) is 11.6. The fourth-order valence-corrected chi connectivity index (χ4v) is 3.37. The van der Waals surface area contributed by atoms with Gasteiger partial charge in [-0.3, -0.25) is 0 Å². The molecule has 0 spiro atoms. The summed E-state index contributed by atoms with van der Waals surface area (Å²) in [6, 6.07) is 16.5. The van der Waals surface area contributed by atoms with E-state index >= 15 is 0 Å². The minimum atomic E-state index is 0.673. The smallest absolute Gasteiger partial charge is 0.106 e. The zero-order valence-corrected chi connectivity index (χ0v) is 14.6. The fourth-order valence-electron chi connectivity index (χ4n) is 3.37. The molecule has 0 fully saturated rings. The Morgan fingerprint density at radius 2 is 1.16 bits per heavy atom. The van der Waals surface area contributed by atoms with Crippen LogP contribution >= 0.6 is 0 Å². The lowest BCUT2D eigenvalue weighted by atomic mass is 10.3. The van der Waals surface area contributed by atoms with Gasteiger partial charge in [-0.1, -0.05) is 24.3 Å². The number of aromatic nitrogens is 4. The summed E-state index contributed by atoms with van der Waals surface area (Å²) in [7, 11) is 0. The van der Waals surface area contributed by atoms with E-state index in [1.165, 1.54) is 11.0 Å². The highest BCUT2D eigenvalue weighted by atomic mass is 16.5. The molecule has 4 rings (SSSR count). The zero-order chi connectivity index (χ0) is 17.2. The molecular formula is C20H22N4O. The Balaban J connectivity index is 1.36. The van der Waals surface area contributed by atoms with Crippen molar-refractivity contribution in [3.63, 3.8) is 0 Å². The number of benzene rings is 2. The molecule has 4 aromatic rings. The number of fused-ring (bicyclic) bond motifs is 2. The first-order valence-corrected chi connectivity index (χ1v) is 8.65. The van der Waals surface area contributed by atoms with Crippen molar-refractivity contribution < 1.29 is 4.74 Å². The summed E-state index contributed by atoms with van der Waals surface area (Å²) < 4.78 is 10.3. The Hall–Kier alpha value is -2.66. The second-order valence-corrected chi connectivity index (χ2v) is 6.21. The highest BCUT2D eigenvalue weighted by Gasteiger charge is 2.07. The number of hydrogen-bond donors (Lipinski definition) is 0. The molecule has 0 bridgehead atoms. The van der Waals surface area contributed by atoms with Gasteiger partial charge in [0.25, 0.3) is 0 Å². The number of nitrogens with zero attached hydrogens (tertiary/aromatic N) is 4. The van der Waals surface area contributed by atoms with Crippen molar-refractivity contribution >= 4 is 22.1 Å². The van der Waals surface area contributed by atoms with Crippen LogP contribution in [0.5, 0.6) is 0 Å². The number of aryl methyl sites for hydroxylation is 2. The first-order chi connectivity index (χ1) is 12.2. The average Bonchev–Trinajstić information content (AvgIpc) is 3.11. The lowest BCUT2D eigenvalue weighted by Gasteiger charge is -2.10. The van der Waals surface area contributed by atoms with Crippen LogP contribution < -0.4 is 0 Å². The van der Waals surface area contributed by atoms with Crippen molar-refractivity contribution in [2.75, 3.05) is 13.2 Å². The molecule has 0 N–H and O–H groups in total. The molecule has 0 radical (unpaired) electrons. The van der Waals surface area contributed by atoms with Gasteiger partial charge in [0.05, 0.1) is 35.3 Å². The summed E-state index contributed by atoms with van der Waals surface area (Å²) >= 11 is 0.